The molecule has 10 nitrogen and oxygen atoms in total. The van der Waals surface area contributed by atoms with Gasteiger partial charge in [0.15, 0.2) is 0 Å². The monoisotopic (exact) mass is 724 g/mol. The number of nitrogens with zero attached hydrogens (tertiary/aromatic N) is 4. The number of benzene rings is 3. The molecule has 3 N–H and O–H groups in total. The van der Waals surface area contributed by atoms with Crippen LogP contribution in [0.1, 0.15) is 78.2 Å². The van der Waals surface area contributed by atoms with Crippen LogP contribution in [0.15, 0.2) is 91.0 Å². The highest BCUT2D eigenvalue weighted by Crippen LogP contribution is 2.36. The maximum Gasteiger partial charge on any atom is 0.256 e. The number of anilines is 2. The largest absolute Gasteiger partial charge is 0.508 e. The summed E-state index contributed by atoms with van der Waals surface area (Å²) in [5, 5.41) is 16.2. The summed E-state index contributed by atoms with van der Waals surface area (Å²) in [6.45, 7) is 7.32. The van der Waals surface area contributed by atoms with E-state index in [2.05, 4.69) is 82.0 Å². The molecular formula is C44H48N6O4. The fraction of sp³-hybridized carbons (Fsp3) is 0.364. The van der Waals surface area contributed by atoms with Crippen molar-refractivity contribution in [2.75, 3.05) is 42.5 Å². The number of rotatable bonds is 10. The number of phenolic OH excluding ortho intramolecular Hbond substituents is 1. The lowest BCUT2D eigenvalue weighted by Crippen LogP contribution is -2.52. The molecule has 4 aliphatic heterocycles. The number of fused-ring (bicyclic) bond motifs is 1. The molecule has 2 atom stereocenters. The lowest BCUT2D eigenvalue weighted by molar-refractivity contribution is -0.136. The van der Waals surface area contributed by atoms with Crippen LogP contribution in [0, 0.1) is 5.92 Å². The fourth-order valence-electron chi connectivity index (χ4n) is 8.61. The summed E-state index contributed by atoms with van der Waals surface area (Å²) in [6, 6.07) is 30.6. The number of aromatic hydroxyl groups is 1. The standard InChI is InChI=1S/C44H48N6O4/c1-2-36(30-6-4-3-5-7-30)42(32-10-14-35(51)15-11-32)31-8-12-34(13-9-31)48-23-20-29(21-24-48)26-45-33-22-25-49(27-33)40-18-16-37-38(46-40)28-50(44(37)54)39-17-19-41(52)47-43(39)53/h3-16,18,29,33,39,45,51H,2,17,19-28H2,1H3,(H,47,52,53)/b42-36+/t33-,39?/m0/s1. The number of imide groups is 1. The number of aromatic nitrogens is 1. The minimum Gasteiger partial charge on any atom is -0.508 e. The average Bonchev–Trinajstić information content (AvgIpc) is 3.81. The van der Waals surface area contributed by atoms with Gasteiger partial charge in [0.25, 0.3) is 5.91 Å². The maximum absolute atomic E-state index is 13.1. The molecule has 3 fully saturated rings. The van der Waals surface area contributed by atoms with Gasteiger partial charge < -0.3 is 25.1 Å². The van der Waals surface area contributed by atoms with Crippen LogP contribution in [0.5, 0.6) is 5.75 Å². The van der Waals surface area contributed by atoms with E-state index in [4.69, 9.17) is 4.98 Å². The predicted molar refractivity (Wildman–Crippen MR) is 211 cm³/mol. The van der Waals surface area contributed by atoms with Crippen LogP contribution in [0.2, 0.25) is 0 Å². The third-order valence-electron chi connectivity index (χ3n) is 11.6. The van der Waals surface area contributed by atoms with Crippen molar-refractivity contribution in [3.63, 3.8) is 0 Å². The fourth-order valence-corrected chi connectivity index (χ4v) is 8.61. The highest BCUT2D eigenvalue weighted by molar-refractivity contribution is 6.05. The Kier molecular flexibility index (Phi) is 10.2. The SMILES string of the molecule is CC/C(=C(\c1ccc(O)cc1)c1ccc(N2CCC(CN[C@H]3CCN(c4ccc5c(n4)CN(C4CCC(=O)NC4=O)C5=O)C3)CC2)cc1)c1ccccc1. The summed E-state index contributed by atoms with van der Waals surface area (Å²) < 4.78 is 0. The zero-order chi connectivity index (χ0) is 37.2. The summed E-state index contributed by atoms with van der Waals surface area (Å²) in [4.78, 5) is 48.4. The van der Waals surface area contributed by atoms with E-state index in [9.17, 15) is 19.5 Å². The number of hydrogen-bond donors (Lipinski definition) is 3. The molecule has 0 spiro atoms. The Morgan fingerprint density at radius 3 is 2.22 bits per heavy atom. The first-order valence-corrected chi connectivity index (χ1v) is 19.4. The molecule has 8 rings (SSSR count). The molecule has 54 heavy (non-hydrogen) atoms. The van der Waals surface area contributed by atoms with Crippen molar-refractivity contribution in [2.45, 2.75) is 64.1 Å². The van der Waals surface area contributed by atoms with Gasteiger partial charge in [0.2, 0.25) is 11.8 Å². The Balaban J connectivity index is 0.846. The van der Waals surface area contributed by atoms with Crippen LogP contribution < -0.4 is 20.4 Å². The van der Waals surface area contributed by atoms with Crippen LogP contribution in [0.3, 0.4) is 0 Å². The summed E-state index contributed by atoms with van der Waals surface area (Å²) >= 11 is 0. The molecule has 10 heteroatoms. The summed E-state index contributed by atoms with van der Waals surface area (Å²) in [6.07, 6.45) is 4.80. The lowest BCUT2D eigenvalue weighted by atomic mass is 9.88. The van der Waals surface area contributed by atoms with Crippen molar-refractivity contribution in [3.05, 3.63) is 119 Å². The van der Waals surface area contributed by atoms with E-state index >= 15 is 0 Å². The van der Waals surface area contributed by atoms with Crippen molar-refractivity contribution < 1.29 is 19.5 Å². The lowest BCUT2D eigenvalue weighted by Gasteiger charge is -2.34. The smallest absolute Gasteiger partial charge is 0.256 e. The minimum absolute atomic E-state index is 0.191. The molecule has 0 aliphatic carbocycles. The van der Waals surface area contributed by atoms with Crippen LogP contribution in [-0.4, -0.2) is 77.5 Å². The molecule has 1 aromatic heterocycles. The third-order valence-corrected chi connectivity index (χ3v) is 11.6. The van der Waals surface area contributed by atoms with E-state index in [-0.39, 0.29) is 24.0 Å². The summed E-state index contributed by atoms with van der Waals surface area (Å²) in [7, 11) is 0. The maximum atomic E-state index is 13.1. The topological polar surface area (TPSA) is 118 Å². The summed E-state index contributed by atoms with van der Waals surface area (Å²) in [5.41, 5.74) is 8.46. The van der Waals surface area contributed by atoms with Gasteiger partial charge in [-0.1, -0.05) is 61.5 Å². The predicted octanol–water partition coefficient (Wildman–Crippen LogP) is 6.00. The first-order chi connectivity index (χ1) is 26.3. The number of carbonyl (C=O) groups is 3. The van der Waals surface area contributed by atoms with Gasteiger partial charge >= 0.3 is 0 Å². The number of pyridine rings is 1. The second-order valence-corrected chi connectivity index (χ2v) is 15.0. The van der Waals surface area contributed by atoms with E-state index in [1.807, 2.05) is 24.3 Å². The molecule has 5 heterocycles. The van der Waals surface area contributed by atoms with Crippen molar-refractivity contribution >= 4 is 40.4 Å². The van der Waals surface area contributed by atoms with Gasteiger partial charge in [-0.25, -0.2) is 4.98 Å². The number of piperidine rings is 2. The van der Waals surface area contributed by atoms with Gasteiger partial charge in [-0.05, 0) is 109 Å². The van der Waals surface area contributed by atoms with E-state index in [0.717, 1.165) is 69.8 Å². The molecule has 0 radical (unpaired) electrons. The van der Waals surface area contributed by atoms with E-state index < -0.39 is 11.9 Å². The molecular weight excluding hydrogens is 677 g/mol. The van der Waals surface area contributed by atoms with Crippen molar-refractivity contribution in [2.24, 2.45) is 5.92 Å². The molecule has 3 amide bonds. The zero-order valence-corrected chi connectivity index (χ0v) is 30.8. The van der Waals surface area contributed by atoms with Crippen LogP contribution in [-0.2, 0) is 16.1 Å². The zero-order valence-electron chi connectivity index (χ0n) is 30.8. The van der Waals surface area contributed by atoms with Crippen molar-refractivity contribution in [1.29, 1.82) is 0 Å². The number of hydrogen-bond acceptors (Lipinski definition) is 8. The van der Waals surface area contributed by atoms with E-state index in [1.165, 1.54) is 28.0 Å². The summed E-state index contributed by atoms with van der Waals surface area (Å²) in [5.74, 6) is 0.880. The number of carbonyl (C=O) groups excluding carboxylic acids is 3. The Labute approximate surface area is 316 Å². The molecule has 3 aromatic carbocycles. The molecule has 3 saturated heterocycles. The van der Waals surface area contributed by atoms with Gasteiger partial charge in [0.1, 0.15) is 17.6 Å². The normalized spacial score (nSPS) is 21.0. The van der Waals surface area contributed by atoms with Gasteiger partial charge in [0.05, 0.1) is 17.8 Å². The molecule has 0 saturated carbocycles. The number of phenols is 1. The van der Waals surface area contributed by atoms with Crippen LogP contribution in [0.25, 0.3) is 11.1 Å². The van der Waals surface area contributed by atoms with Gasteiger partial charge in [0, 0.05) is 44.3 Å². The van der Waals surface area contributed by atoms with Crippen molar-refractivity contribution in [3.8, 4) is 5.75 Å². The first-order valence-electron chi connectivity index (χ1n) is 19.4. The first kappa shape index (κ1) is 35.5. The molecule has 4 aromatic rings. The second-order valence-electron chi connectivity index (χ2n) is 15.0. The third kappa shape index (κ3) is 7.35. The van der Waals surface area contributed by atoms with Crippen LogP contribution >= 0.6 is 0 Å². The van der Waals surface area contributed by atoms with Gasteiger partial charge in [-0.3, -0.25) is 19.7 Å². The van der Waals surface area contributed by atoms with Gasteiger partial charge in [-0.15, -0.1) is 0 Å². The Hall–Kier alpha value is -5.48. The van der Waals surface area contributed by atoms with E-state index in [0.29, 0.717) is 36.2 Å². The molecule has 0 bridgehead atoms. The Bertz CT molecular complexity index is 2040. The Morgan fingerprint density at radius 1 is 0.815 bits per heavy atom. The highest BCUT2D eigenvalue weighted by Gasteiger charge is 2.40. The van der Waals surface area contributed by atoms with Crippen molar-refractivity contribution in [1.82, 2.24) is 20.5 Å². The molecule has 4 aliphatic rings. The second kappa shape index (κ2) is 15.5. The number of amides is 3. The number of allylic oxidation sites excluding steroid dienone is 1. The average molecular weight is 725 g/mol. The highest BCUT2D eigenvalue weighted by atomic mass is 16.3. The quantitative estimate of drug-likeness (QED) is 0.135. The van der Waals surface area contributed by atoms with Gasteiger partial charge in [-0.2, -0.15) is 0 Å². The van der Waals surface area contributed by atoms with E-state index in [1.54, 1.807) is 17.0 Å². The Morgan fingerprint density at radius 2 is 1.52 bits per heavy atom. The minimum atomic E-state index is -0.631. The number of nitrogens with one attached hydrogen (secondary N) is 2. The van der Waals surface area contributed by atoms with Crippen LogP contribution in [0.4, 0.5) is 11.5 Å². The molecule has 278 valence electrons. The molecule has 1 unspecified atom stereocenters.